The summed E-state index contributed by atoms with van der Waals surface area (Å²) in [7, 11) is 1.50. The molecule has 1 heterocycles. The summed E-state index contributed by atoms with van der Waals surface area (Å²) >= 11 is 0. The van der Waals surface area contributed by atoms with Gasteiger partial charge in [-0.2, -0.15) is 4.68 Å². The molecule has 0 aromatic carbocycles. The van der Waals surface area contributed by atoms with Gasteiger partial charge in [0.05, 0.1) is 0 Å². The third-order valence-corrected chi connectivity index (χ3v) is 1.32. The van der Waals surface area contributed by atoms with Crippen LogP contribution in [0.15, 0.2) is 9.21 Å². The molecule has 13 heavy (non-hydrogen) atoms. The maximum absolute atomic E-state index is 11.0. The van der Waals surface area contributed by atoms with Gasteiger partial charge in [-0.25, -0.2) is 4.79 Å². The zero-order valence-electron chi connectivity index (χ0n) is 7.53. The fourth-order valence-corrected chi connectivity index (χ4v) is 0.785. The lowest BCUT2D eigenvalue weighted by Crippen LogP contribution is -2.14. The van der Waals surface area contributed by atoms with Gasteiger partial charge in [0.15, 0.2) is 0 Å². The van der Waals surface area contributed by atoms with E-state index in [9.17, 15) is 4.79 Å². The molecule has 0 fully saturated rings. The number of hydrogen-bond donors (Lipinski definition) is 0. The molecular formula is C8H10N2O3. The maximum atomic E-state index is 11.0. The number of nitrogens with zero attached hydrogens (tertiary/aromatic N) is 2. The van der Waals surface area contributed by atoms with Crippen molar-refractivity contribution in [2.75, 3.05) is 7.11 Å². The van der Waals surface area contributed by atoms with Crippen LogP contribution in [-0.4, -0.2) is 16.9 Å². The Bertz CT molecular complexity index is 380. The van der Waals surface area contributed by atoms with Crippen LogP contribution in [0.1, 0.15) is 12.8 Å². The summed E-state index contributed by atoms with van der Waals surface area (Å²) in [6.45, 7) is 2.14. The first-order valence-corrected chi connectivity index (χ1v) is 3.73. The molecule has 0 atom stereocenters. The normalized spacial score (nSPS) is 9.38. The first-order chi connectivity index (χ1) is 6.27. The Kier molecular flexibility index (Phi) is 3.29. The Balaban J connectivity index is 2.81. The Hall–Kier alpha value is -1.54. The van der Waals surface area contributed by atoms with Crippen molar-refractivity contribution in [3.05, 3.63) is 16.4 Å². The molecule has 1 aromatic heterocycles. The van der Waals surface area contributed by atoms with Crippen molar-refractivity contribution in [1.29, 1.82) is 0 Å². The van der Waals surface area contributed by atoms with Gasteiger partial charge in [0, 0.05) is 7.11 Å². The van der Waals surface area contributed by atoms with Crippen LogP contribution < -0.4 is 5.76 Å². The quantitative estimate of drug-likeness (QED) is 0.618. The number of rotatable bonds is 3. The molecule has 5 heteroatoms. The second-order valence-corrected chi connectivity index (χ2v) is 2.28. The average molecular weight is 182 g/mol. The third-order valence-electron chi connectivity index (χ3n) is 1.32. The summed E-state index contributed by atoms with van der Waals surface area (Å²) in [5.41, 5.74) is 0. The molecule has 1 aromatic rings. The van der Waals surface area contributed by atoms with E-state index >= 15 is 0 Å². The first kappa shape index (κ1) is 9.55. The Morgan fingerprint density at radius 1 is 1.69 bits per heavy atom. The van der Waals surface area contributed by atoms with Crippen LogP contribution >= 0.6 is 0 Å². The van der Waals surface area contributed by atoms with E-state index in [0.29, 0.717) is 0 Å². The fourth-order valence-electron chi connectivity index (χ4n) is 0.785. The van der Waals surface area contributed by atoms with E-state index in [1.165, 1.54) is 7.11 Å². The van der Waals surface area contributed by atoms with Gasteiger partial charge in [0.25, 0.3) is 0 Å². The first-order valence-electron chi connectivity index (χ1n) is 3.73. The topological polar surface area (TPSA) is 57.3 Å². The van der Waals surface area contributed by atoms with E-state index < -0.39 is 5.76 Å². The van der Waals surface area contributed by atoms with Crippen LogP contribution in [0.3, 0.4) is 0 Å². The molecule has 5 nitrogen and oxygen atoms in total. The maximum Gasteiger partial charge on any atom is 0.438 e. The highest BCUT2D eigenvalue weighted by molar-refractivity contribution is 4.94. The molecular weight excluding hydrogens is 172 g/mol. The van der Waals surface area contributed by atoms with E-state index in [4.69, 9.17) is 9.15 Å². The average Bonchev–Trinajstić information content (AvgIpc) is 2.44. The van der Waals surface area contributed by atoms with Crippen molar-refractivity contribution in [3.8, 4) is 11.8 Å². The lowest BCUT2D eigenvalue weighted by atomic mass is 10.6. The zero-order chi connectivity index (χ0) is 9.68. The molecule has 0 aliphatic carbocycles. The summed E-state index contributed by atoms with van der Waals surface area (Å²) in [5, 5.41) is 3.85. The molecule has 0 saturated carbocycles. The van der Waals surface area contributed by atoms with Crippen LogP contribution in [-0.2, 0) is 17.9 Å². The summed E-state index contributed by atoms with van der Waals surface area (Å²) < 4.78 is 10.7. The molecule has 0 spiro atoms. The largest absolute Gasteiger partial charge is 0.438 e. The predicted molar refractivity (Wildman–Crippen MR) is 44.9 cm³/mol. The second kappa shape index (κ2) is 4.48. The van der Waals surface area contributed by atoms with Gasteiger partial charge in [0.2, 0.25) is 5.89 Å². The Labute approximate surface area is 75.3 Å². The standard InChI is InChI=1S/C8H10N2O3/c1-3-4-5-10-8(11)13-7(9-10)6-12-2/h5-6H2,1-2H3. The van der Waals surface area contributed by atoms with Gasteiger partial charge < -0.3 is 9.15 Å². The molecule has 1 rings (SSSR count). The van der Waals surface area contributed by atoms with Crippen LogP contribution in [0, 0.1) is 11.8 Å². The lowest BCUT2D eigenvalue weighted by Gasteiger charge is -1.88. The van der Waals surface area contributed by atoms with Crippen molar-refractivity contribution in [1.82, 2.24) is 9.78 Å². The molecule has 0 N–H and O–H groups in total. The number of aromatic nitrogens is 2. The van der Waals surface area contributed by atoms with Crippen molar-refractivity contribution in [2.45, 2.75) is 20.1 Å². The number of methoxy groups -OCH3 is 1. The summed E-state index contributed by atoms with van der Waals surface area (Å²) in [5.74, 6) is 5.14. The highest BCUT2D eigenvalue weighted by Gasteiger charge is 2.05. The SMILES string of the molecule is CC#CCn1nc(COC)oc1=O. The third kappa shape index (κ3) is 2.46. The van der Waals surface area contributed by atoms with Gasteiger partial charge >= 0.3 is 5.76 Å². The van der Waals surface area contributed by atoms with Crippen molar-refractivity contribution >= 4 is 0 Å². The number of hydrogen-bond acceptors (Lipinski definition) is 4. The van der Waals surface area contributed by atoms with E-state index in [1.807, 2.05) is 0 Å². The van der Waals surface area contributed by atoms with E-state index in [1.54, 1.807) is 6.92 Å². The molecule has 0 aliphatic rings. The minimum Gasteiger partial charge on any atom is -0.390 e. The van der Waals surface area contributed by atoms with Gasteiger partial charge in [-0.15, -0.1) is 11.0 Å². The van der Waals surface area contributed by atoms with Crippen LogP contribution in [0.25, 0.3) is 0 Å². The van der Waals surface area contributed by atoms with E-state index in [2.05, 4.69) is 16.9 Å². The summed E-state index contributed by atoms with van der Waals surface area (Å²) in [6, 6.07) is 0. The second-order valence-electron chi connectivity index (χ2n) is 2.28. The van der Waals surface area contributed by atoms with Crippen molar-refractivity contribution in [2.24, 2.45) is 0 Å². The predicted octanol–water partition coefficient (Wildman–Crippen LogP) is 0.00600. The summed E-state index contributed by atoms with van der Waals surface area (Å²) in [6.07, 6.45) is 0. The molecule has 0 saturated heterocycles. The van der Waals surface area contributed by atoms with Crippen molar-refractivity contribution in [3.63, 3.8) is 0 Å². The van der Waals surface area contributed by atoms with E-state index in [-0.39, 0.29) is 19.0 Å². The summed E-state index contributed by atoms with van der Waals surface area (Å²) in [4.78, 5) is 11.0. The Morgan fingerprint density at radius 2 is 2.46 bits per heavy atom. The monoisotopic (exact) mass is 182 g/mol. The fraction of sp³-hybridized carbons (Fsp3) is 0.500. The zero-order valence-corrected chi connectivity index (χ0v) is 7.53. The van der Waals surface area contributed by atoms with Gasteiger partial charge in [-0.1, -0.05) is 5.92 Å². The number of ether oxygens (including phenoxy) is 1. The minimum atomic E-state index is -0.505. The molecule has 0 radical (unpaired) electrons. The van der Waals surface area contributed by atoms with Crippen molar-refractivity contribution < 1.29 is 9.15 Å². The highest BCUT2D eigenvalue weighted by Crippen LogP contribution is 1.91. The Morgan fingerprint density at radius 3 is 3.08 bits per heavy atom. The smallest absolute Gasteiger partial charge is 0.390 e. The van der Waals surface area contributed by atoms with Crippen LogP contribution in [0.5, 0.6) is 0 Å². The van der Waals surface area contributed by atoms with Gasteiger partial charge in [0.1, 0.15) is 13.2 Å². The molecule has 70 valence electrons. The lowest BCUT2D eigenvalue weighted by molar-refractivity contribution is 0.158. The van der Waals surface area contributed by atoms with E-state index in [0.717, 1.165) is 4.68 Å². The highest BCUT2D eigenvalue weighted by atomic mass is 16.5. The minimum absolute atomic E-state index is 0.196. The molecule has 0 unspecified atom stereocenters. The molecule has 0 aliphatic heterocycles. The molecule has 0 amide bonds. The van der Waals surface area contributed by atoms with Gasteiger partial charge in [-0.3, -0.25) is 0 Å². The van der Waals surface area contributed by atoms with Gasteiger partial charge in [-0.05, 0) is 6.92 Å². The van der Waals surface area contributed by atoms with Crippen LogP contribution in [0.2, 0.25) is 0 Å². The van der Waals surface area contributed by atoms with Crippen LogP contribution in [0.4, 0.5) is 0 Å². The molecule has 0 bridgehead atoms.